The van der Waals surface area contributed by atoms with Crippen LogP contribution >= 0.6 is 22.7 Å². The highest BCUT2D eigenvalue weighted by molar-refractivity contribution is 7.12. The van der Waals surface area contributed by atoms with Crippen LogP contribution in [-0.4, -0.2) is 20.1 Å². The molecule has 0 aliphatic carbocycles. The lowest BCUT2D eigenvalue weighted by Gasteiger charge is -2.12. The van der Waals surface area contributed by atoms with Crippen molar-refractivity contribution in [2.24, 2.45) is 0 Å². The number of rotatable bonds is 4. The SMILES string of the molecule is Cc1cc(C2=C(c3cc(C)sc3C)/C(=C/c3ccc(N(C)C)cc3)OC2=O)c(C)s1. The summed E-state index contributed by atoms with van der Waals surface area (Å²) in [6.07, 6.45) is 1.97. The number of benzene rings is 1. The van der Waals surface area contributed by atoms with Crippen LogP contribution in [0, 0.1) is 27.7 Å². The summed E-state index contributed by atoms with van der Waals surface area (Å²) < 4.78 is 5.85. The maximum atomic E-state index is 13.1. The Morgan fingerprint density at radius 1 is 0.833 bits per heavy atom. The molecule has 0 spiro atoms. The first-order chi connectivity index (χ1) is 14.2. The number of ether oxygens (including phenoxy) is 1. The van der Waals surface area contributed by atoms with Gasteiger partial charge in [0.2, 0.25) is 0 Å². The number of nitrogens with zero attached hydrogens (tertiary/aromatic N) is 1. The van der Waals surface area contributed by atoms with Crippen LogP contribution in [0.4, 0.5) is 5.69 Å². The largest absolute Gasteiger partial charge is 0.422 e. The molecule has 30 heavy (non-hydrogen) atoms. The molecular weight excluding hydrogens is 410 g/mol. The van der Waals surface area contributed by atoms with E-state index < -0.39 is 0 Å². The number of anilines is 1. The molecule has 1 aliphatic heterocycles. The van der Waals surface area contributed by atoms with E-state index in [2.05, 4.69) is 69.0 Å². The third-order valence-electron chi connectivity index (χ3n) is 5.23. The molecule has 3 aromatic rings. The summed E-state index contributed by atoms with van der Waals surface area (Å²) in [5.41, 5.74) is 5.77. The molecule has 4 rings (SSSR count). The van der Waals surface area contributed by atoms with Crippen LogP contribution < -0.4 is 4.90 Å². The lowest BCUT2D eigenvalue weighted by molar-refractivity contribution is -0.131. The van der Waals surface area contributed by atoms with E-state index in [1.807, 2.05) is 20.2 Å². The first-order valence-electron chi connectivity index (χ1n) is 9.85. The predicted octanol–water partition coefficient (Wildman–Crippen LogP) is 6.62. The van der Waals surface area contributed by atoms with Crippen molar-refractivity contribution in [3.8, 4) is 0 Å². The van der Waals surface area contributed by atoms with Crippen LogP contribution in [0.2, 0.25) is 0 Å². The van der Waals surface area contributed by atoms with E-state index in [0.29, 0.717) is 11.3 Å². The molecule has 3 nitrogen and oxygen atoms in total. The van der Waals surface area contributed by atoms with Gasteiger partial charge in [0.15, 0.2) is 0 Å². The van der Waals surface area contributed by atoms with Crippen molar-refractivity contribution in [1.82, 2.24) is 0 Å². The zero-order valence-corrected chi connectivity index (χ0v) is 19.8. The lowest BCUT2D eigenvalue weighted by atomic mass is 9.94. The second-order valence-electron chi connectivity index (χ2n) is 7.79. The highest BCUT2D eigenvalue weighted by Gasteiger charge is 2.34. The summed E-state index contributed by atoms with van der Waals surface area (Å²) >= 11 is 3.46. The molecule has 0 amide bonds. The molecule has 5 heteroatoms. The molecule has 0 unspecified atom stereocenters. The maximum absolute atomic E-state index is 13.1. The molecule has 154 valence electrons. The first-order valence-corrected chi connectivity index (χ1v) is 11.5. The van der Waals surface area contributed by atoms with Gasteiger partial charge in [0.05, 0.1) is 5.57 Å². The Hall–Kier alpha value is -2.63. The van der Waals surface area contributed by atoms with Gasteiger partial charge >= 0.3 is 5.97 Å². The molecule has 1 aromatic carbocycles. The quantitative estimate of drug-likeness (QED) is 0.431. The number of carbonyl (C=O) groups is 1. The van der Waals surface area contributed by atoms with E-state index in [1.54, 1.807) is 22.7 Å². The second kappa shape index (κ2) is 7.89. The summed E-state index contributed by atoms with van der Waals surface area (Å²) in [6.45, 7) is 8.35. The van der Waals surface area contributed by atoms with Crippen LogP contribution in [0.3, 0.4) is 0 Å². The highest BCUT2D eigenvalue weighted by atomic mass is 32.1. The summed E-state index contributed by atoms with van der Waals surface area (Å²) in [5.74, 6) is 0.349. The Morgan fingerprint density at radius 3 is 1.83 bits per heavy atom. The Labute approximate surface area is 185 Å². The van der Waals surface area contributed by atoms with E-state index in [-0.39, 0.29) is 5.97 Å². The number of allylic oxidation sites excluding steroid dienone is 1. The van der Waals surface area contributed by atoms with Crippen LogP contribution in [0.25, 0.3) is 17.2 Å². The van der Waals surface area contributed by atoms with Gasteiger partial charge in [-0.3, -0.25) is 0 Å². The molecule has 0 saturated heterocycles. The number of thiophene rings is 2. The van der Waals surface area contributed by atoms with Gasteiger partial charge in [-0.1, -0.05) is 12.1 Å². The van der Waals surface area contributed by atoms with E-state index in [1.165, 1.54) is 14.6 Å². The third-order valence-corrected chi connectivity index (χ3v) is 7.16. The van der Waals surface area contributed by atoms with E-state index in [0.717, 1.165) is 32.8 Å². The molecule has 3 heterocycles. The van der Waals surface area contributed by atoms with Crippen LogP contribution in [0.5, 0.6) is 0 Å². The minimum Gasteiger partial charge on any atom is -0.422 e. The number of esters is 1. The molecular formula is C25H25NO2S2. The van der Waals surface area contributed by atoms with Gasteiger partial charge in [-0.15, -0.1) is 22.7 Å². The van der Waals surface area contributed by atoms with Crippen molar-refractivity contribution in [1.29, 1.82) is 0 Å². The molecule has 0 atom stereocenters. The number of hydrogen-bond donors (Lipinski definition) is 0. The van der Waals surface area contributed by atoms with E-state index >= 15 is 0 Å². The molecule has 0 fully saturated rings. The topological polar surface area (TPSA) is 29.5 Å². The fourth-order valence-corrected chi connectivity index (χ4v) is 5.68. The minimum atomic E-state index is -0.273. The highest BCUT2D eigenvalue weighted by Crippen LogP contribution is 2.45. The number of aryl methyl sites for hydroxylation is 4. The van der Waals surface area contributed by atoms with Crippen LogP contribution in [0.1, 0.15) is 36.2 Å². The van der Waals surface area contributed by atoms with Crippen molar-refractivity contribution in [3.63, 3.8) is 0 Å². The standard InChI is InChI=1S/C25H25NO2S2/c1-14-11-20(16(3)29-14)23-22(13-18-7-9-19(10-8-18)26(5)6)28-25(27)24(23)21-12-15(2)30-17(21)4/h7-13H,1-6H3/b22-13-. The molecule has 0 radical (unpaired) electrons. The van der Waals surface area contributed by atoms with Gasteiger partial charge in [-0.05, 0) is 63.6 Å². The number of cyclic esters (lactones) is 1. The Kier molecular flexibility index (Phi) is 5.43. The zero-order chi connectivity index (χ0) is 21.6. The number of hydrogen-bond acceptors (Lipinski definition) is 5. The lowest BCUT2D eigenvalue weighted by Crippen LogP contribution is -2.07. The Morgan fingerprint density at radius 2 is 1.37 bits per heavy atom. The maximum Gasteiger partial charge on any atom is 0.344 e. The van der Waals surface area contributed by atoms with Crippen molar-refractivity contribution in [2.45, 2.75) is 27.7 Å². The minimum absolute atomic E-state index is 0.273. The van der Waals surface area contributed by atoms with Crippen molar-refractivity contribution < 1.29 is 9.53 Å². The molecule has 0 bridgehead atoms. The van der Waals surface area contributed by atoms with Crippen LogP contribution in [0.15, 0.2) is 42.2 Å². The van der Waals surface area contributed by atoms with E-state index in [9.17, 15) is 4.79 Å². The zero-order valence-electron chi connectivity index (χ0n) is 18.1. The number of carbonyl (C=O) groups excluding carboxylic acids is 1. The molecule has 0 N–H and O–H groups in total. The van der Waals surface area contributed by atoms with Gasteiger partial charge in [0, 0.05) is 56.0 Å². The van der Waals surface area contributed by atoms with Crippen molar-refractivity contribution in [2.75, 3.05) is 19.0 Å². The molecule has 2 aromatic heterocycles. The monoisotopic (exact) mass is 435 g/mol. The predicted molar refractivity (Wildman–Crippen MR) is 129 cm³/mol. The van der Waals surface area contributed by atoms with Gasteiger partial charge in [0.1, 0.15) is 5.76 Å². The van der Waals surface area contributed by atoms with Gasteiger partial charge in [0.25, 0.3) is 0 Å². The fraction of sp³-hybridized carbons (Fsp3) is 0.240. The average molecular weight is 436 g/mol. The summed E-state index contributed by atoms with van der Waals surface area (Å²) in [5, 5.41) is 0. The van der Waals surface area contributed by atoms with E-state index in [4.69, 9.17) is 4.74 Å². The van der Waals surface area contributed by atoms with Crippen LogP contribution in [-0.2, 0) is 9.53 Å². The Balaban J connectivity index is 1.91. The van der Waals surface area contributed by atoms with Gasteiger partial charge < -0.3 is 9.64 Å². The fourth-order valence-electron chi connectivity index (χ4n) is 3.82. The summed E-state index contributed by atoms with van der Waals surface area (Å²) in [7, 11) is 4.04. The van der Waals surface area contributed by atoms with Gasteiger partial charge in [-0.25, -0.2) is 4.79 Å². The summed E-state index contributed by atoms with van der Waals surface area (Å²) in [4.78, 5) is 19.9. The third kappa shape index (κ3) is 3.75. The smallest absolute Gasteiger partial charge is 0.344 e. The van der Waals surface area contributed by atoms with Crippen molar-refractivity contribution in [3.05, 3.63) is 78.4 Å². The normalized spacial score (nSPS) is 15.3. The average Bonchev–Trinajstić information content (AvgIpc) is 3.29. The van der Waals surface area contributed by atoms with Crippen molar-refractivity contribution >= 4 is 51.6 Å². The van der Waals surface area contributed by atoms with Gasteiger partial charge in [-0.2, -0.15) is 0 Å². The first kappa shape index (κ1) is 20.6. The summed E-state index contributed by atoms with van der Waals surface area (Å²) in [6, 6.07) is 12.5. The Bertz CT molecular complexity index is 1190. The molecule has 0 saturated carbocycles. The second-order valence-corrected chi connectivity index (χ2v) is 10.7. The molecule has 1 aliphatic rings.